The van der Waals surface area contributed by atoms with Crippen LogP contribution in [-0.4, -0.2) is 31.5 Å². The number of hydrogen-bond acceptors (Lipinski definition) is 3. The van der Waals surface area contributed by atoms with Crippen molar-refractivity contribution in [1.82, 2.24) is 5.32 Å². The van der Waals surface area contributed by atoms with Crippen LogP contribution in [0, 0.1) is 0 Å². The lowest BCUT2D eigenvalue weighted by atomic mass is 9.97. The van der Waals surface area contributed by atoms with Crippen LogP contribution in [0.4, 0.5) is 5.69 Å². The summed E-state index contributed by atoms with van der Waals surface area (Å²) in [5.74, 6) is 0.409. The van der Waals surface area contributed by atoms with Crippen molar-refractivity contribution in [1.29, 1.82) is 0 Å². The Morgan fingerprint density at radius 3 is 2.96 bits per heavy atom. The number of fused-ring (bicyclic) bond motifs is 1. The molecule has 0 radical (unpaired) electrons. The van der Waals surface area contributed by atoms with E-state index in [0.29, 0.717) is 23.5 Å². The Labute approximate surface area is 142 Å². The third-order valence-corrected chi connectivity index (χ3v) is 4.68. The predicted octanol–water partition coefficient (Wildman–Crippen LogP) is 3.05. The molecule has 5 heteroatoms. The van der Waals surface area contributed by atoms with Crippen LogP contribution in [0.5, 0.6) is 5.75 Å². The summed E-state index contributed by atoms with van der Waals surface area (Å²) in [7, 11) is 1.71. The number of benzene rings is 1. The summed E-state index contributed by atoms with van der Waals surface area (Å²) in [6.45, 7) is 2.37. The number of hydrogen-bond donors (Lipinski definition) is 1. The molecule has 0 bridgehead atoms. The van der Waals surface area contributed by atoms with E-state index in [1.165, 1.54) is 18.4 Å². The van der Waals surface area contributed by atoms with Crippen LogP contribution in [0.15, 0.2) is 29.8 Å². The minimum absolute atomic E-state index is 0.107. The van der Waals surface area contributed by atoms with Crippen molar-refractivity contribution in [3.05, 3.63) is 35.4 Å². The Balaban J connectivity index is 1.63. The van der Waals surface area contributed by atoms with Crippen LogP contribution in [0.25, 0.3) is 0 Å². The van der Waals surface area contributed by atoms with Gasteiger partial charge in [0.2, 0.25) is 0 Å². The van der Waals surface area contributed by atoms with Gasteiger partial charge in [0, 0.05) is 19.2 Å². The summed E-state index contributed by atoms with van der Waals surface area (Å²) in [5.41, 5.74) is 2.63. The van der Waals surface area contributed by atoms with Gasteiger partial charge in [-0.2, -0.15) is 0 Å². The molecule has 0 spiro atoms. The third-order valence-electron chi connectivity index (χ3n) is 4.68. The van der Waals surface area contributed by atoms with Gasteiger partial charge in [0.05, 0.1) is 5.69 Å². The number of allylic oxidation sites excluding steroid dienone is 1. The van der Waals surface area contributed by atoms with Crippen molar-refractivity contribution in [2.45, 2.75) is 45.1 Å². The van der Waals surface area contributed by atoms with Crippen LogP contribution in [0.3, 0.4) is 0 Å². The van der Waals surface area contributed by atoms with E-state index in [-0.39, 0.29) is 11.8 Å². The molecule has 128 valence electrons. The normalized spacial score (nSPS) is 20.1. The lowest BCUT2D eigenvalue weighted by Gasteiger charge is -2.30. The quantitative estimate of drug-likeness (QED) is 0.864. The molecule has 1 aliphatic carbocycles. The molecule has 1 unspecified atom stereocenters. The molecule has 2 aliphatic rings. The maximum absolute atomic E-state index is 12.3. The molecule has 3 rings (SSSR count). The van der Waals surface area contributed by atoms with Crippen LogP contribution in [0.2, 0.25) is 0 Å². The molecule has 5 nitrogen and oxygen atoms in total. The van der Waals surface area contributed by atoms with Crippen molar-refractivity contribution < 1.29 is 14.3 Å². The van der Waals surface area contributed by atoms with Gasteiger partial charge in [0.25, 0.3) is 11.8 Å². The maximum Gasteiger partial charge on any atom is 0.267 e. The van der Waals surface area contributed by atoms with E-state index >= 15 is 0 Å². The average Bonchev–Trinajstić information content (AvgIpc) is 2.60. The predicted molar refractivity (Wildman–Crippen MR) is 93.4 cm³/mol. The second-order valence-electron chi connectivity index (χ2n) is 6.45. The number of anilines is 1. The lowest BCUT2D eigenvalue weighted by Crippen LogP contribution is -2.42. The van der Waals surface area contributed by atoms with Gasteiger partial charge >= 0.3 is 0 Å². The molecule has 1 N–H and O–H groups in total. The molecule has 0 saturated carbocycles. The molecular formula is C19H24N2O3. The SMILES string of the molecule is CC1Oc2ccc(C(=O)NCCC3=CCCCC3)cc2N(C)C1=O. The molecule has 1 aliphatic heterocycles. The molecule has 0 fully saturated rings. The Kier molecular flexibility index (Phi) is 4.88. The topological polar surface area (TPSA) is 58.6 Å². The van der Waals surface area contributed by atoms with E-state index in [4.69, 9.17) is 4.74 Å². The summed E-state index contributed by atoms with van der Waals surface area (Å²) in [5, 5.41) is 2.96. The van der Waals surface area contributed by atoms with Gasteiger partial charge in [-0.3, -0.25) is 9.59 Å². The molecular weight excluding hydrogens is 304 g/mol. The summed E-state index contributed by atoms with van der Waals surface area (Å²) < 4.78 is 5.58. The van der Waals surface area contributed by atoms with E-state index in [1.807, 2.05) is 0 Å². The van der Waals surface area contributed by atoms with Gasteiger partial charge in [0.15, 0.2) is 6.10 Å². The highest BCUT2D eigenvalue weighted by Crippen LogP contribution is 2.33. The summed E-state index contributed by atoms with van der Waals surface area (Å²) >= 11 is 0. The Morgan fingerprint density at radius 1 is 1.38 bits per heavy atom. The van der Waals surface area contributed by atoms with Gasteiger partial charge < -0.3 is 15.0 Å². The molecule has 1 atom stereocenters. The zero-order chi connectivity index (χ0) is 17.1. The van der Waals surface area contributed by atoms with Crippen molar-refractivity contribution in [2.75, 3.05) is 18.5 Å². The van der Waals surface area contributed by atoms with Gasteiger partial charge in [-0.05, 0) is 57.2 Å². The highest BCUT2D eigenvalue weighted by Gasteiger charge is 2.29. The molecule has 0 saturated heterocycles. The van der Waals surface area contributed by atoms with Crippen LogP contribution in [-0.2, 0) is 4.79 Å². The minimum atomic E-state index is -0.494. The lowest BCUT2D eigenvalue weighted by molar-refractivity contribution is -0.125. The minimum Gasteiger partial charge on any atom is -0.479 e. The number of nitrogens with zero attached hydrogens (tertiary/aromatic N) is 1. The van der Waals surface area contributed by atoms with Crippen LogP contribution >= 0.6 is 0 Å². The fourth-order valence-corrected chi connectivity index (χ4v) is 3.22. The fraction of sp³-hybridized carbons (Fsp3) is 0.474. The third kappa shape index (κ3) is 3.45. The Hall–Kier alpha value is -2.30. The maximum atomic E-state index is 12.3. The van der Waals surface area contributed by atoms with Crippen molar-refractivity contribution in [3.63, 3.8) is 0 Å². The number of rotatable bonds is 4. The average molecular weight is 328 g/mol. The number of nitrogens with one attached hydrogen (secondary N) is 1. The van der Waals surface area contributed by atoms with Crippen LogP contribution in [0.1, 0.15) is 49.4 Å². The zero-order valence-corrected chi connectivity index (χ0v) is 14.3. The van der Waals surface area contributed by atoms with Crippen molar-refractivity contribution in [3.8, 4) is 5.75 Å². The first-order valence-electron chi connectivity index (χ1n) is 8.60. The van der Waals surface area contributed by atoms with Gasteiger partial charge in [0.1, 0.15) is 5.75 Å². The Morgan fingerprint density at radius 2 is 2.21 bits per heavy atom. The first kappa shape index (κ1) is 16.6. The summed E-state index contributed by atoms with van der Waals surface area (Å²) in [4.78, 5) is 25.9. The van der Waals surface area contributed by atoms with E-state index in [1.54, 1.807) is 37.1 Å². The summed E-state index contributed by atoms with van der Waals surface area (Å²) in [6, 6.07) is 5.21. The number of amides is 2. The molecule has 0 aromatic heterocycles. The summed E-state index contributed by atoms with van der Waals surface area (Å²) in [6.07, 6.45) is 7.56. The molecule has 24 heavy (non-hydrogen) atoms. The standard InChI is InChI=1S/C19H24N2O3/c1-13-19(23)21(2)16-12-15(8-9-17(16)24-13)18(22)20-11-10-14-6-4-3-5-7-14/h6,8-9,12-13H,3-5,7,10-11H2,1-2H3,(H,20,22). The fourth-order valence-electron chi connectivity index (χ4n) is 3.22. The highest BCUT2D eigenvalue weighted by molar-refractivity contribution is 6.02. The molecule has 1 aromatic rings. The Bertz CT molecular complexity index is 681. The number of likely N-dealkylation sites (N-methyl/N-ethyl adjacent to an activating group) is 1. The first-order chi connectivity index (χ1) is 11.6. The molecule has 1 heterocycles. The number of carbonyl (C=O) groups excluding carboxylic acids is 2. The van der Waals surface area contributed by atoms with Gasteiger partial charge in [-0.15, -0.1) is 0 Å². The largest absolute Gasteiger partial charge is 0.479 e. The number of carbonyl (C=O) groups is 2. The van der Waals surface area contributed by atoms with E-state index < -0.39 is 6.10 Å². The van der Waals surface area contributed by atoms with Crippen molar-refractivity contribution >= 4 is 17.5 Å². The van der Waals surface area contributed by atoms with Gasteiger partial charge in [-0.25, -0.2) is 0 Å². The smallest absolute Gasteiger partial charge is 0.267 e. The van der Waals surface area contributed by atoms with Gasteiger partial charge in [-0.1, -0.05) is 11.6 Å². The van der Waals surface area contributed by atoms with Crippen LogP contribution < -0.4 is 15.0 Å². The first-order valence-corrected chi connectivity index (χ1v) is 8.60. The van der Waals surface area contributed by atoms with E-state index in [0.717, 1.165) is 19.3 Å². The highest BCUT2D eigenvalue weighted by atomic mass is 16.5. The second kappa shape index (κ2) is 7.07. The second-order valence-corrected chi connectivity index (χ2v) is 6.45. The van der Waals surface area contributed by atoms with Crippen molar-refractivity contribution in [2.24, 2.45) is 0 Å². The number of ether oxygens (including phenoxy) is 1. The van der Waals surface area contributed by atoms with E-state index in [9.17, 15) is 9.59 Å². The molecule has 2 amide bonds. The van der Waals surface area contributed by atoms with E-state index in [2.05, 4.69) is 11.4 Å². The molecule has 1 aromatic carbocycles. The zero-order valence-electron chi connectivity index (χ0n) is 14.3. The monoisotopic (exact) mass is 328 g/mol.